The number of aromatic nitrogens is 1. The maximum Gasteiger partial charge on any atom is 0.271 e. The molecule has 1 atom stereocenters. The first kappa shape index (κ1) is 28.1. The van der Waals surface area contributed by atoms with E-state index in [9.17, 15) is 4.79 Å². The van der Waals surface area contributed by atoms with E-state index < -0.39 is 0 Å². The molecule has 42 heavy (non-hydrogen) atoms. The smallest absolute Gasteiger partial charge is 0.271 e. The Morgan fingerprint density at radius 2 is 1.67 bits per heavy atom. The lowest BCUT2D eigenvalue weighted by molar-refractivity contribution is 0.302. The fourth-order valence-corrected chi connectivity index (χ4v) is 9.05. The molecule has 4 aromatic carbocycles. The van der Waals surface area contributed by atoms with Crippen molar-refractivity contribution in [1.29, 1.82) is 0 Å². The number of thiazole rings is 1. The van der Waals surface area contributed by atoms with Gasteiger partial charge in [-0.2, -0.15) is 0 Å². The van der Waals surface area contributed by atoms with Gasteiger partial charge in [-0.25, -0.2) is 4.99 Å². The molecule has 2 aliphatic rings. The molecular formula is C34H23ClI2N2O2S. The summed E-state index contributed by atoms with van der Waals surface area (Å²) in [5, 5.41) is 0.653. The maximum absolute atomic E-state index is 14.1. The van der Waals surface area contributed by atoms with Crippen LogP contribution in [0.25, 0.3) is 11.8 Å². The molecule has 1 aliphatic carbocycles. The summed E-state index contributed by atoms with van der Waals surface area (Å²) in [6.45, 7) is 0.501. The fraction of sp³-hybridized carbons (Fsp3) is 0.118. The van der Waals surface area contributed by atoms with Crippen molar-refractivity contribution in [3.05, 3.63) is 156 Å². The van der Waals surface area contributed by atoms with Gasteiger partial charge < -0.3 is 4.74 Å². The summed E-state index contributed by atoms with van der Waals surface area (Å²) in [6, 6.07) is 30.2. The number of hydrogen-bond donors (Lipinski definition) is 0. The van der Waals surface area contributed by atoms with Crippen molar-refractivity contribution in [3.63, 3.8) is 0 Å². The van der Waals surface area contributed by atoms with E-state index in [0.717, 1.165) is 59.3 Å². The van der Waals surface area contributed by atoms with Gasteiger partial charge in [-0.15, -0.1) is 0 Å². The first-order chi connectivity index (χ1) is 20.5. The molecule has 1 aliphatic heterocycles. The third kappa shape index (κ3) is 5.18. The van der Waals surface area contributed by atoms with Gasteiger partial charge in [0.25, 0.3) is 5.56 Å². The number of allylic oxidation sites excluding steroid dienone is 1. The Hall–Kier alpha value is -2.73. The topological polar surface area (TPSA) is 43.6 Å². The zero-order valence-electron chi connectivity index (χ0n) is 22.2. The average Bonchev–Trinajstić information content (AvgIpc) is 3.30. The van der Waals surface area contributed by atoms with Crippen LogP contribution in [0.5, 0.6) is 5.75 Å². The lowest BCUT2D eigenvalue weighted by atomic mass is 9.83. The molecular weight excluding hydrogens is 790 g/mol. The Morgan fingerprint density at radius 3 is 2.45 bits per heavy atom. The van der Waals surface area contributed by atoms with E-state index in [1.54, 1.807) is 0 Å². The van der Waals surface area contributed by atoms with E-state index in [1.807, 2.05) is 53.1 Å². The summed E-state index contributed by atoms with van der Waals surface area (Å²) < 4.78 is 10.7. The molecule has 0 amide bonds. The Balaban J connectivity index is 1.34. The highest BCUT2D eigenvalue weighted by Crippen LogP contribution is 2.42. The SMILES string of the molecule is O=c1/c(=C/c2cc(I)c(OCc3ccccc3)c(I)c2)sc2n1C(c1ccccc1Cl)C1=C(N=2)c2ccccc2CC1. The van der Waals surface area contributed by atoms with E-state index in [1.165, 1.54) is 16.9 Å². The van der Waals surface area contributed by atoms with Crippen LogP contribution in [0.4, 0.5) is 0 Å². The second-order valence-electron chi connectivity index (χ2n) is 10.2. The van der Waals surface area contributed by atoms with Crippen molar-refractivity contribution in [2.24, 2.45) is 4.99 Å². The monoisotopic (exact) mass is 812 g/mol. The standard InChI is InChI=1S/C34H23ClI2N2O2S/c35-26-13-7-6-12-24(26)31-25-15-14-22-10-4-5-11-23(22)30(25)38-34-39(31)33(40)29(42-34)18-21-16-27(36)32(28(37)17-21)41-19-20-8-2-1-3-9-20/h1-13,16-18,31H,14-15,19H2/b29-18-. The minimum absolute atomic E-state index is 0.0523. The molecule has 8 heteroatoms. The van der Waals surface area contributed by atoms with Crippen LogP contribution in [0.1, 0.15) is 40.3 Å². The Labute approximate surface area is 279 Å². The minimum atomic E-state index is -0.297. The third-order valence-electron chi connectivity index (χ3n) is 7.62. The van der Waals surface area contributed by atoms with Crippen molar-refractivity contribution in [2.75, 3.05) is 0 Å². The largest absolute Gasteiger partial charge is 0.487 e. The first-order valence-corrected chi connectivity index (χ1v) is 16.9. The van der Waals surface area contributed by atoms with Crippen molar-refractivity contribution in [2.45, 2.75) is 25.5 Å². The third-order valence-corrected chi connectivity index (χ3v) is 10.5. The zero-order valence-corrected chi connectivity index (χ0v) is 28.1. The van der Waals surface area contributed by atoms with E-state index in [4.69, 9.17) is 21.3 Å². The number of nitrogens with zero attached hydrogens (tertiary/aromatic N) is 2. The minimum Gasteiger partial charge on any atom is -0.487 e. The molecule has 0 saturated carbocycles. The van der Waals surface area contributed by atoms with Crippen LogP contribution in [0, 0.1) is 7.14 Å². The number of fused-ring (bicyclic) bond motifs is 3. The number of rotatable bonds is 5. The second-order valence-corrected chi connectivity index (χ2v) is 14.0. The van der Waals surface area contributed by atoms with Gasteiger partial charge in [0.15, 0.2) is 4.80 Å². The molecule has 0 spiro atoms. The lowest BCUT2D eigenvalue weighted by Gasteiger charge is -2.31. The lowest BCUT2D eigenvalue weighted by Crippen LogP contribution is -2.38. The molecule has 1 unspecified atom stereocenters. The number of ether oxygens (including phenoxy) is 1. The van der Waals surface area contributed by atoms with Crippen LogP contribution < -0.4 is 19.6 Å². The van der Waals surface area contributed by atoms with Crippen LogP contribution in [-0.2, 0) is 13.0 Å². The molecule has 1 aromatic heterocycles. The van der Waals surface area contributed by atoms with Crippen LogP contribution in [-0.4, -0.2) is 4.57 Å². The van der Waals surface area contributed by atoms with Gasteiger partial charge in [-0.1, -0.05) is 95.7 Å². The van der Waals surface area contributed by atoms with Gasteiger partial charge in [-0.05, 0) is 110 Å². The predicted molar refractivity (Wildman–Crippen MR) is 187 cm³/mol. The van der Waals surface area contributed by atoms with Crippen molar-refractivity contribution in [3.8, 4) is 5.75 Å². The maximum atomic E-state index is 14.1. The molecule has 2 heterocycles. The van der Waals surface area contributed by atoms with Gasteiger partial charge in [0.05, 0.1) is 23.4 Å². The fourth-order valence-electron chi connectivity index (χ4n) is 5.68. The molecule has 0 bridgehead atoms. The molecule has 7 rings (SSSR count). The number of aryl methyl sites for hydroxylation is 1. The predicted octanol–water partition coefficient (Wildman–Crippen LogP) is 7.76. The van der Waals surface area contributed by atoms with Gasteiger partial charge in [0, 0.05) is 10.6 Å². The number of hydrogen-bond acceptors (Lipinski definition) is 4. The van der Waals surface area contributed by atoms with Crippen molar-refractivity contribution < 1.29 is 4.74 Å². The van der Waals surface area contributed by atoms with Crippen LogP contribution >= 0.6 is 68.1 Å². The van der Waals surface area contributed by atoms with Crippen LogP contribution in [0.2, 0.25) is 5.02 Å². The molecule has 0 fully saturated rings. The number of benzene rings is 4. The summed E-state index contributed by atoms with van der Waals surface area (Å²) in [4.78, 5) is 19.9. The highest BCUT2D eigenvalue weighted by Gasteiger charge is 2.33. The zero-order chi connectivity index (χ0) is 28.8. The molecule has 5 aromatic rings. The molecule has 0 radical (unpaired) electrons. The Kier molecular flexibility index (Phi) is 7.85. The highest BCUT2D eigenvalue weighted by molar-refractivity contribution is 14.1. The molecule has 0 saturated heterocycles. The number of halogens is 3. The van der Waals surface area contributed by atoms with E-state index in [0.29, 0.717) is 21.0 Å². The van der Waals surface area contributed by atoms with E-state index in [2.05, 4.69) is 93.7 Å². The molecule has 0 N–H and O–H groups in total. The van der Waals surface area contributed by atoms with E-state index in [-0.39, 0.29) is 11.6 Å². The van der Waals surface area contributed by atoms with Gasteiger partial charge in [0.2, 0.25) is 0 Å². The average molecular weight is 813 g/mol. The van der Waals surface area contributed by atoms with Gasteiger partial charge in [0.1, 0.15) is 12.4 Å². The van der Waals surface area contributed by atoms with Gasteiger partial charge in [-0.3, -0.25) is 9.36 Å². The highest BCUT2D eigenvalue weighted by atomic mass is 127. The summed E-state index contributed by atoms with van der Waals surface area (Å²) in [6.07, 6.45) is 3.71. The summed E-state index contributed by atoms with van der Waals surface area (Å²) >= 11 is 12.8. The van der Waals surface area contributed by atoms with Crippen molar-refractivity contribution in [1.82, 2.24) is 4.57 Å². The van der Waals surface area contributed by atoms with Crippen molar-refractivity contribution >= 4 is 79.9 Å². The summed E-state index contributed by atoms with van der Waals surface area (Å²) in [7, 11) is 0. The summed E-state index contributed by atoms with van der Waals surface area (Å²) in [5.74, 6) is 0.851. The van der Waals surface area contributed by atoms with Crippen LogP contribution in [0.3, 0.4) is 0 Å². The first-order valence-electron chi connectivity index (χ1n) is 13.5. The normalized spacial score (nSPS) is 16.0. The van der Waals surface area contributed by atoms with E-state index >= 15 is 0 Å². The Morgan fingerprint density at radius 1 is 0.952 bits per heavy atom. The van der Waals surface area contributed by atoms with Crippen LogP contribution in [0.15, 0.2) is 106 Å². The second kappa shape index (κ2) is 11.7. The Bertz CT molecular complexity index is 2040. The summed E-state index contributed by atoms with van der Waals surface area (Å²) in [5.41, 5.74) is 7.49. The molecule has 4 nitrogen and oxygen atoms in total. The van der Waals surface area contributed by atoms with Gasteiger partial charge >= 0.3 is 0 Å². The quantitative estimate of drug-likeness (QED) is 0.171. The molecule has 208 valence electrons.